The van der Waals surface area contributed by atoms with Gasteiger partial charge in [0.2, 0.25) is 0 Å². The van der Waals surface area contributed by atoms with E-state index in [0.29, 0.717) is 5.75 Å². The molecule has 3 rings (SSSR count). The summed E-state index contributed by atoms with van der Waals surface area (Å²) in [4.78, 5) is 8.82. The monoisotopic (exact) mass is 299 g/mol. The number of aryl methyl sites for hydroxylation is 2. The van der Waals surface area contributed by atoms with Crippen LogP contribution < -0.4 is 5.73 Å². The van der Waals surface area contributed by atoms with E-state index >= 15 is 0 Å². The van der Waals surface area contributed by atoms with E-state index in [1.165, 1.54) is 0 Å². The molecule has 0 saturated carbocycles. The highest BCUT2D eigenvalue weighted by atomic mass is 32.2. The van der Waals surface area contributed by atoms with E-state index < -0.39 is 0 Å². The molecule has 4 nitrogen and oxygen atoms in total. The molecule has 0 saturated heterocycles. The number of hydrogen-bond donors (Lipinski definition) is 1. The molecule has 0 aliphatic carbocycles. The summed E-state index contributed by atoms with van der Waals surface area (Å²) < 4.78 is 5.79. The van der Waals surface area contributed by atoms with E-state index in [1.807, 2.05) is 50.2 Å². The first-order valence-corrected chi connectivity index (χ1v) is 7.79. The molecular formula is C16H17N3OS. The summed E-state index contributed by atoms with van der Waals surface area (Å²) in [7, 11) is 0. The van der Waals surface area contributed by atoms with Crippen LogP contribution in [-0.2, 0) is 0 Å². The van der Waals surface area contributed by atoms with Crippen molar-refractivity contribution in [2.24, 2.45) is 5.73 Å². The predicted octanol–water partition coefficient (Wildman–Crippen LogP) is 3.63. The highest BCUT2D eigenvalue weighted by Crippen LogP contribution is 2.26. The molecule has 2 heterocycles. The van der Waals surface area contributed by atoms with Crippen LogP contribution in [0.2, 0.25) is 0 Å². The third kappa shape index (κ3) is 3.25. The summed E-state index contributed by atoms with van der Waals surface area (Å²) in [6.07, 6.45) is 0. The highest BCUT2D eigenvalue weighted by Gasteiger charge is 2.13. The van der Waals surface area contributed by atoms with Gasteiger partial charge in [-0.2, -0.15) is 0 Å². The molecule has 1 aromatic carbocycles. The Labute approximate surface area is 127 Å². The molecule has 2 N–H and O–H groups in total. The Morgan fingerprint density at radius 1 is 1.14 bits per heavy atom. The fourth-order valence-corrected chi connectivity index (χ4v) is 3.10. The van der Waals surface area contributed by atoms with Gasteiger partial charge in [0.25, 0.3) is 0 Å². The van der Waals surface area contributed by atoms with E-state index in [0.717, 1.165) is 33.3 Å². The second kappa shape index (κ2) is 5.87. The molecule has 1 atom stereocenters. The average molecular weight is 299 g/mol. The number of thioether (sulfide) groups is 1. The first-order valence-electron chi connectivity index (χ1n) is 6.81. The van der Waals surface area contributed by atoms with Gasteiger partial charge in [-0.1, -0.05) is 30.0 Å². The maximum Gasteiger partial charge on any atom is 0.188 e. The van der Waals surface area contributed by atoms with Crippen molar-refractivity contribution in [2.45, 2.75) is 25.0 Å². The van der Waals surface area contributed by atoms with Gasteiger partial charge in [-0.25, -0.2) is 9.97 Å². The molecule has 21 heavy (non-hydrogen) atoms. The van der Waals surface area contributed by atoms with Gasteiger partial charge in [0.15, 0.2) is 5.16 Å². The Morgan fingerprint density at radius 2 is 1.86 bits per heavy atom. The van der Waals surface area contributed by atoms with Gasteiger partial charge in [0.1, 0.15) is 11.3 Å². The van der Waals surface area contributed by atoms with Crippen LogP contribution in [0.5, 0.6) is 0 Å². The van der Waals surface area contributed by atoms with Crippen LogP contribution in [0.25, 0.3) is 11.0 Å². The molecule has 0 aliphatic rings. The largest absolute Gasteiger partial charge is 0.459 e. The van der Waals surface area contributed by atoms with Gasteiger partial charge < -0.3 is 10.2 Å². The van der Waals surface area contributed by atoms with Crippen LogP contribution in [0.4, 0.5) is 0 Å². The number of benzene rings is 1. The number of aromatic nitrogens is 2. The molecule has 0 amide bonds. The quantitative estimate of drug-likeness (QED) is 0.588. The van der Waals surface area contributed by atoms with Gasteiger partial charge in [-0.3, -0.25) is 0 Å². The number of fused-ring (bicyclic) bond motifs is 1. The lowest BCUT2D eigenvalue weighted by molar-refractivity contribution is 0.516. The van der Waals surface area contributed by atoms with Crippen molar-refractivity contribution in [3.05, 3.63) is 53.5 Å². The molecule has 1 unspecified atom stereocenters. The number of furan rings is 1. The summed E-state index contributed by atoms with van der Waals surface area (Å²) >= 11 is 1.55. The summed E-state index contributed by atoms with van der Waals surface area (Å²) in [5, 5.41) is 1.84. The first kappa shape index (κ1) is 14.1. The van der Waals surface area contributed by atoms with Gasteiger partial charge in [-0.15, -0.1) is 0 Å². The Balaban J connectivity index is 1.72. The Morgan fingerprint density at radius 3 is 2.57 bits per heavy atom. The van der Waals surface area contributed by atoms with E-state index in [1.54, 1.807) is 11.8 Å². The van der Waals surface area contributed by atoms with Crippen molar-refractivity contribution in [1.29, 1.82) is 0 Å². The summed E-state index contributed by atoms with van der Waals surface area (Å²) in [6, 6.07) is 11.7. The van der Waals surface area contributed by atoms with Crippen molar-refractivity contribution in [3.63, 3.8) is 0 Å². The molecule has 2 aromatic heterocycles. The van der Waals surface area contributed by atoms with Crippen LogP contribution in [0.15, 0.2) is 46.0 Å². The van der Waals surface area contributed by atoms with Crippen LogP contribution in [0.1, 0.15) is 23.2 Å². The average Bonchev–Trinajstić information content (AvgIpc) is 2.87. The zero-order valence-electron chi connectivity index (χ0n) is 12.0. The van der Waals surface area contributed by atoms with Gasteiger partial charge in [-0.05, 0) is 32.0 Å². The minimum atomic E-state index is -0.174. The molecule has 0 aliphatic heterocycles. The van der Waals surface area contributed by atoms with E-state index in [-0.39, 0.29) is 6.04 Å². The normalized spacial score (nSPS) is 12.7. The third-order valence-electron chi connectivity index (χ3n) is 3.16. The van der Waals surface area contributed by atoms with Crippen molar-refractivity contribution >= 4 is 22.7 Å². The third-order valence-corrected chi connectivity index (χ3v) is 4.13. The lowest BCUT2D eigenvalue weighted by atomic mass is 10.2. The maximum absolute atomic E-state index is 6.21. The van der Waals surface area contributed by atoms with Gasteiger partial charge >= 0.3 is 0 Å². The van der Waals surface area contributed by atoms with Crippen LogP contribution in [-0.4, -0.2) is 15.7 Å². The number of para-hydroxylation sites is 1. The summed E-state index contributed by atoms with van der Waals surface area (Å²) in [5.74, 6) is 1.48. The van der Waals surface area contributed by atoms with Crippen molar-refractivity contribution in [2.75, 3.05) is 5.75 Å². The van der Waals surface area contributed by atoms with E-state index in [9.17, 15) is 0 Å². The summed E-state index contributed by atoms with van der Waals surface area (Å²) in [6.45, 7) is 3.94. The van der Waals surface area contributed by atoms with Gasteiger partial charge in [0, 0.05) is 22.5 Å². The SMILES string of the molecule is Cc1cc(C)nc(SCC(N)c2cc3ccccc3o2)n1. The van der Waals surface area contributed by atoms with E-state index in [4.69, 9.17) is 10.2 Å². The molecule has 0 bridgehead atoms. The molecule has 3 aromatic rings. The Kier molecular flexibility index (Phi) is 3.94. The topological polar surface area (TPSA) is 64.9 Å². The highest BCUT2D eigenvalue weighted by molar-refractivity contribution is 7.99. The van der Waals surface area contributed by atoms with Crippen molar-refractivity contribution in [3.8, 4) is 0 Å². The van der Waals surface area contributed by atoms with Crippen LogP contribution in [0, 0.1) is 13.8 Å². The van der Waals surface area contributed by atoms with Gasteiger partial charge in [0.05, 0.1) is 6.04 Å². The van der Waals surface area contributed by atoms with Crippen molar-refractivity contribution in [1.82, 2.24) is 9.97 Å². The standard InChI is InChI=1S/C16H17N3OS/c1-10-7-11(2)19-16(18-10)21-9-13(17)15-8-12-5-3-4-6-14(12)20-15/h3-8,13H,9,17H2,1-2H3. The minimum Gasteiger partial charge on any atom is -0.459 e. The predicted molar refractivity (Wildman–Crippen MR) is 85.4 cm³/mol. The fraction of sp³-hybridized carbons (Fsp3) is 0.250. The molecule has 0 fully saturated rings. The lowest BCUT2D eigenvalue weighted by Crippen LogP contribution is -2.12. The van der Waals surface area contributed by atoms with E-state index in [2.05, 4.69) is 9.97 Å². The maximum atomic E-state index is 6.21. The number of rotatable bonds is 4. The number of hydrogen-bond acceptors (Lipinski definition) is 5. The van der Waals surface area contributed by atoms with Crippen molar-refractivity contribution < 1.29 is 4.42 Å². The zero-order valence-corrected chi connectivity index (χ0v) is 12.9. The Bertz CT molecular complexity index is 716. The molecular weight excluding hydrogens is 282 g/mol. The van der Waals surface area contributed by atoms with Crippen LogP contribution >= 0.6 is 11.8 Å². The number of nitrogens with zero attached hydrogens (tertiary/aromatic N) is 2. The van der Waals surface area contributed by atoms with Crippen LogP contribution in [0.3, 0.4) is 0 Å². The molecule has 0 spiro atoms. The molecule has 5 heteroatoms. The molecule has 108 valence electrons. The Hall–Kier alpha value is -1.85. The fourth-order valence-electron chi connectivity index (χ4n) is 2.19. The summed E-state index contributed by atoms with van der Waals surface area (Å²) in [5.41, 5.74) is 9.03. The molecule has 0 radical (unpaired) electrons. The zero-order chi connectivity index (χ0) is 14.8. The second-order valence-corrected chi connectivity index (χ2v) is 6.02. The minimum absolute atomic E-state index is 0.174. The number of nitrogens with two attached hydrogens (primary N) is 1. The first-order chi connectivity index (χ1) is 10.1. The lowest BCUT2D eigenvalue weighted by Gasteiger charge is -2.08. The smallest absolute Gasteiger partial charge is 0.188 e. The second-order valence-electron chi connectivity index (χ2n) is 5.04.